The third kappa shape index (κ3) is 3.21. The molecule has 2 heterocycles. The highest BCUT2D eigenvalue weighted by Gasteiger charge is 2.38. The third-order valence-corrected chi connectivity index (χ3v) is 4.81. The van der Waals surface area contributed by atoms with Crippen LogP contribution in [0.4, 0.5) is 0 Å². The smallest absolute Gasteiger partial charge is 0.0573 e. The molecule has 2 fully saturated rings. The van der Waals surface area contributed by atoms with Crippen molar-refractivity contribution in [2.45, 2.75) is 58.2 Å². The van der Waals surface area contributed by atoms with Gasteiger partial charge in [-0.25, -0.2) is 0 Å². The summed E-state index contributed by atoms with van der Waals surface area (Å²) in [5, 5.41) is 3.76. The zero-order valence-corrected chi connectivity index (χ0v) is 12.8. The van der Waals surface area contributed by atoms with Crippen LogP contribution in [0.3, 0.4) is 0 Å². The highest BCUT2D eigenvalue weighted by molar-refractivity contribution is 5.18. The van der Waals surface area contributed by atoms with Gasteiger partial charge in [0.25, 0.3) is 0 Å². The Bertz CT molecular complexity index is 442. The van der Waals surface area contributed by atoms with Gasteiger partial charge >= 0.3 is 0 Å². The Morgan fingerprint density at radius 1 is 1.40 bits per heavy atom. The van der Waals surface area contributed by atoms with Crippen LogP contribution in [0.5, 0.6) is 0 Å². The first-order valence-corrected chi connectivity index (χ1v) is 8.16. The molecule has 0 radical (unpaired) electrons. The van der Waals surface area contributed by atoms with Crippen molar-refractivity contribution in [3.05, 3.63) is 29.6 Å². The van der Waals surface area contributed by atoms with Gasteiger partial charge in [-0.05, 0) is 43.7 Å². The van der Waals surface area contributed by atoms with Crippen molar-refractivity contribution in [1.82, 2.24) is 15.2 Å². The minimum atomic E-state index is 0.666. The minimum Gasteiger partial charge on any atom is -0.311 e. The zero-order valence-electron chi connectivity index (χ0n) is 12.8. The second kappa shape index (κ2) is 6.23. The van der Waals surface area contributed by atoms with Crippen molar-refractivity contribution in [3.63, 3.8) is 0 Å². The fraction of sp³-hybridized carbons (Fsp3) is 0.706. The molecule has 0 spiro atoms. The number of nitrogens with one attached hydrogen (secondary N) is 1. The molecule has 1 N–H and O–H groups in total. The van der Waals surface area contributed by atoms with E-state index in [1.165, 1.54) is 50.0 Å². The Hall–Kier alpha value is -0.930. The van der Waals surface area contributed by atoms with Crippen LogP contribution in [0.25, 0.3) is 0 Å². The van der Waals surface area contributed by atoms with Gasteiger partial charge in [0.15, 0.2) is 0 Å². The van der Waals surface area contributed by atoms with Crippen LogP contribution >= 0.6 is 0 Å². The molecule has 1 aromatic rings. The van der Waals surface area contributed by atoms with Gasteiger partial charge in [0.05, 0.1) is 5.69 Å². The molecule has 110 valence electrons. The lowest BCUT2D eigenvalue weighted by Crippen LogP contribution is -2.56. The molecule has 3 rings (SSSR count). The van der Waals surface area contributed by atoms with E-state index in [2.05, 4.69) is 35.1 Å². The number of nitrogens with zero attached hydrogens (tertiary/aromatic N) is 2. The van der Waals surface area contributed by atoms with Crippen molar-refractivity contribution in [1.29, 1.82) is 0 Å². The fourth-order valence-electron chi connectivity index (χ4n) is 3.45. The van der Waals surface area contributed by atoms with E-state index >= 15 is 0 Å². The molecule has 1 saturated heterocycles. The number of aromatic nitrogens is 1. The van der Waals surface area contributed by atoms with Gasteiger partial charge in [0.2, 0.25) is 0 Å². The van der Waals surface area contributed by atoms with Crippen LogP contribution in [0, 0.1) is 12.8 Å². The summed E-state index contributed by atoms with van der Waals surface area (Å²) in [5.74, 6) is 0.925. The molecule has 3 nitrogen and oxygen atoms in total. The molecule has 2 aliphatic rings. The van der Waals surface area contributed by atoms with Crippen LogP contribution in [0.2, 0.25) is 0 Å². The van der Waals surface area contributed by atoms with Crippen molar-refractivity contribution in [2.75, 3.05) is 13.1 Å². The number of pyridine rings is 1. The summed E-state index contributed by atoms with van der Waals surface area (Å²) in [4.78, 5) is 7.29. The number of hydrogen-bond acceptors (Lipinski definition) is 3. The van der Waals surface area contributed by atoms with E-state index < -0.39 is 0 Å². The molecule has 1 aliphatic carbocycles. The van der Waals surface area contributed by atoms with Gasteiger partial charge in [-0.15, -0.1) is 0 Å². The van der Waals surface area contributed by atoms with Crippen LogP contribution in [-0.4, -0.2) is 35.1 Å². The van der Waals surface area contributed by atoms with E-state index in [1.54, 1.807) is 0 Å². The molecule has 0 bridgehead atoms. The molecule has 20 heavy (non-hydrogen) atoms. The Morgan fingerprint density at radius 2 is 2.25 bits per heavy atom. The van der Waals surface area contributed by atoms with Gasteiger partial charge in [0, 0.05) is 37.9 Å². The van der Waals surface area contributed by atoms with E-state index in [4.69, 9.17) is 0 Å². The molecular formula is C17H27N3. The molecule has 2 atom stereocenters. The summed E-state index contributed by atoms with van der Waals surface area (Å²) in [6.07, 6.45) is 7.32. The lowest BCUT2D eigenvalue weighted by atomic mass is 10.0. The first kappa shape index (κ1) is 14.0. The first-order chi connectivity index (χ1) is 9.78. The van der Waals surface area contributed by atoms with E-state index in [1.807, 2.05) is 12.3 Å². The number of aryl methyl sites for hydroxylation is 1. The highest BCUT2D eigenvalue weighted by atomic mass is 15.2. The van der Waals surface area contributed by atoms with Crippen LogP contribution < -0.4 is 5.32 Å². The quantitative estimate of drug-likeness (QED) is 0.894. The van der Waals surface area contributed by atoms with Gasteiger partial charge in [-0.3, -0.25) is 9.88 Å². The predicted molar refractivity (Wildman–Crippen MR) is 82.6 cm³/mol. The summed E-state index contributed by atoms with van der Waals surface area (Å²) in [5.41, 5.74) is 2.59. The summed E-state index contributed by atoms with van der Waals surface area (Å²) < 4.78 is 0. The molecule has 1 aromatic heterocycles. The lowest BCUT2D eigenvalue weighted by molar-refractivity contribution is 0.102. The number of hydrogen-bond donors (Lipinski definition) is 1. The molecular weight excluding hydrogens is 246 g/mol. The van der Waals surface area contributed by atoms with Crippen molar-refractivity contribution in [3.8, 4) is 0 Å². The Labute approximate surface area is 122 Å². The van der Waals surface area contributed by atoms with Gasteiger partial charge in [-0.2, -0.15) is 0 Å². The Kier molecular flexibility index (Phi) is 4.37. The van der Waals surface area contributed by atoms with Gasteiger partial charge in [-0.1, -0.05) is 19.4 Å². The average molecular weight is 273 g/mol. The zero-order chi connectivity index (χ0) is 13.9. The molecule has 1 aliphatic heterocycles. The largest absolute Gasteiger partial charge is 0.311 e. The fourth-order valence-corrected chi connectivity index (χ4v) is 3.45. The van der Waals surface area contributed by atoms with E-state index in [-0.39, 0.29) is 0 Å². The number of piperazine rings is 1. The molecule has 1 saturated carbocycles. The highest BCUT2D eigenvalue weighted by Crippen LogP contribution is 2.37. The molecule has 2 unspecified atom stereocenters. The average Bonchev–Trinajstić information content (AvgIpc) is 3.27. The van der Waals surface area contributed by atoms with Gasteiger partial charge < -0.3 is 5.32 Å². The Balaban J connectivity index is 1.70. The predicted octanol–water partition coefficient (Wildman–Crippen LogP) is 2.74. The van der Waals surface area contributed by atoms with Crippen molar-refractivity contribution >= 4 is 0 Å². The standard InChI is InChI=1S/C17H27N3/c1-3-5-15-11-20(17(10-19-15)14-7-8-14)12-16-13(2)6-4-9-18-16/h4,6,9,14-15,17,19H,3,5,7-8,10-12H2,1-2H3. The van der Waals surface area contributed by atoms with Crippen molar-refractivity contribution in [2.24, 2.45) is 5.92 Å². The second-order valence-electron chi connectivity index (χ2n) is 6.50. The lowest BCUT2D eigenvalue weighted by Gasteiger charge is -2.41. The molecule has 0 aromatic carbocycles. The first-order valence-electron chi connectivity index (χ1n) is 8.16. The summed E-state index contributed by atoms with van der Waals surface area (Å²) in [7, 11) is 0. The molecule has 0 amide bonds. The van der Waals surface area contributed by atoms with E-state index in [0.29, 0.717) is 6.04 Å². The van der Waals surface area contributed by atoms with Crippen LogP contribution in [0.1, 0.15) is 43.9 Å². The molecule has 3 heteroatoms. The van der Waals surface area contributed by atoms with E-state index in [0.717, 1.165) is 18.5 Å². The Morgan fingerprint density at radius 3 is 2.95 bits per heavy atom. The summed E-state index contributed by atoms with van der Waals surface area (Å²) in [6, 6.07) is 5.61. The van der Waals surface area contributed by atoms with Gasteiger partial charge in [0.1, 0.15) is 0 Å². The minimum absolute atomic E-state index is 0.666. The SMILES string of the molecule is CCCC1CN(Cc2ncccc2C)C(C2CC2)CN1. The second-order valence-corrected chi connectivity index (χ2v) is 6.50. The normalized spacial score (nSPS) is 27.7. The van der Waals surface area contributed by atoms with Crippen LogP contribution in [-0.2, 0) is 6.54 Å². The van der Waals surface area contributed by atoms with Crippen molar-refractivity contribution < 1.29 is 0 Å². The maximum absolute atomic E-state index is 4.60. The summed E-state index contributed by atoms with van der Waals surface area (Å²) in [6.45, 7) is 7.84. The third-order valence-electron chi connectivity index (χ3n) is 4.81. The topological polar surface area (TPSA) is 28.2 Å². The van der Waals surface area contributed by atoms with E-state index in [9.17, 15) is 0 Å². The maximum atomic E-state index is 4.60. The maximum Gasteiger partial charge on any atom is 0.0573 e. The number of rotatable bonds is 5. The monoisotopic (exact) mass is 273 g/mol. The van der Waals surface area contributed by atoms with Crippen LogP contribution in [0.15, 0.2) is 18.3 Å². The summed E-state index contributed by atoms with van der Waals surface area (Å²) >= 11 is 0.